The normalized spacial score (nSPS) is 23.3. The van der Waals surface area contributed by atoms with Gasteiger partial charge in [-0.3, -0.25) is 0 Å². The molecule has 2 rings (SSSR count). The molecule has 0 bridgehead atoms. The second-order valence-electron chi connectivity index (χ2n) is 8.74. The van der Waals surface area contributed by atoms with E-state index in [-0.39, 0.29) is 5.41 Å². The standard InChI is InChI=1S/C21H35NO3/c1-15-9-16(2)12-22(11-15)13-17(23)14-25-20-8-7-18(24-6)10-19(20)21(3,4)5/h7-8,10,15-17,23H,9,11-14H2,1-6H3/t15-,16+,17-/m1/s1. The topological polar surface area (TPSA) is 41.9 Å². The van der Waals surface area contributed by atoms with Gasteiger partial charge in [-0.05, 0) is 41.9 Å². The molecule has 142 valence electrons. The molecular weight excluding hydrogens is 314 g/mol. The summed E-state index contributed by atoms with van der Waals surface area (Å²) in [5.41, 5.74) is 1.05. The molecule has 0 amide bonds. The average molecular weight is 350 g/mol. The summed E-state index contributed by atoms with van der Waals surface area (Å²) in [5, 5.41) is 10.4. The van der Waals surface area contributed by atoms with Crippen LogP contribution in [-0.4, -0.2) is 49.5 Å². The largest absolute Gasteiger partial charge is 0.497 e. The Balaban J connectivity index is 1.96. The highest BCUT2D eigenvalue weighted by atomic mass is 16.5. The number of β-amino-alcohol motifs (C(OH)–C–C–N with tert-alkyl or cyclic N) is 1. The maximum Gasteiger partial charge on any atom is 0.123 e. The molecule has 0 unspecified atom stereocenters. The van der Waals surface area contributed by atoms with Gasteiger partial charge in [-0.1, -0.05) is 34.6 Å². The second-order valence-corrected chi connectivity index (χ2v) is 8.74. The van der Waals surface area contributed by atoms with E-state index in [0.29, 0.717) is 25.0 Å². The maximum atomic E-state index is 10.4. The maximum absolute atomic E-state index is 10.4. The zero-order valence-corrected chi connectivity index (χ0v) is 16.7. The first-order valence-electron chi connectivity index (χ1n) is 9.40. The number of hydrogen-bond acceptors (Lipinski definition) is 4. The Kier molecular flexibility index (Phi) is 6.75. The lowest BCUT2D eigenvalue weighted by Gasteiger charge is -2.36. The number of rotatable bonds is 6. The predicted molar refractivity (Wildman–Crippen MR) is 103 cm³/mol. The summed E-state index contributed by atoms with van der Waals surface area (Å²) in [7, 11) is 1.67. The van der Waals surface area contributed by atoms with Crippen molar-refractivity contribution in [1.29, 1.82) is 0 Å². The summed E-state index contributed by atoms with van der Waals surface area (Å²) >= 11 is 0. The van der Waals surface area contributed by atoms with E-state index in [0.717, 1.165) is 30.2 Å². The molecule has 1 aliphatic heterocycles. The highest BCUT2D eigenvalue weighted by Crippen LogP contribution is 2.34. The molecule has 1 fully saturated rings. The van der Waals surface area contributed by atoms with Crippen LogP contribution in [0.25, 0.3) is 0 Å². The summed E-state index contributed by atoms with van der Waals surface area (Å²) in [6.45, 7) is 14.2. The van der Waals surface area contributed by atoms with Crippen LogP contribution in [0, 0.1) is 11.8 Å². The van der Waals surface area contributed by atoms with E-state index in [1.54, 1.807) is 7.11 Å². The first-order chi connectivity index (χ1) is 11.7. The van der Waals surface area contributed by atoms with Gasteiger partial charge in [0.1, 0.15) is 24.2 Å². The van der Waals surface area contributed by atoms with Crippen LogP contribution < -0.4 is 9.47 Å². The van der Waals surface area contributed by atoms with Crippen molar-refractivity contribution < 1.29 is 14.6 Å². The van der Waals surface area contributed by atoms with Gasteiger partial charge in [0, 0.05) is 25.2 Å². The zero-order valence-electron chi connectivity index (χ0n) is 16.7. The molecule has 0 radical (unpaired) electrons. The van der Waals surface area contributed by atoms with Gasteiger partial charge in [0.15, 0.2) is 0 Å². The number of piperidine rings is 1. The number of benzene rings is 1. The quantitative estimate of drug-likeness (QED) is 0.850. The first-order valence-corrected chi connectivity index (χ1v) is 9.40. The number of hydrogen-bond donors (Lipinski definition) is 1. The molecule has 1 saturated heterocycles. The Hall–Kier alpha value is -1.26. The molecule has 4 nitrogen and oxygen atoms in total. The molecule has 1 heterocycles. The lowest BCUT2D eigenvalue weighted by atomic mass is 9.86. The van der Waals surface area contributed by atoms with Gasteiger partial charge in [-0.25, -0.2) is 0 Å². The Morgan fingerprint density at radius 2 is 1.84 bits per heavy atom. The van der Waals surface area contributed by atoms with E-state index in [1.807, 2.05) is 18.2 Å². The fourth-order valence-corrected chi connectivity index (χ4v) is 3.83. The van der Waals surface area contributed by atoms with Crippen molar-refractivity contribution in [3.63, 3.8) is 0 Å². The zero-order chi connectivity index (χ0) is 18.6. The molecule has 1 aromatic rings. The molecule has 25 heavy (non-hydrogen) atoms. The van der Waals surface area contributed by atoms with Crippen LogP contribution in [-0.2, 0) is 5.41 Å². The van der Waals surface area contributed by atoms with E-state index < -0.39 is 6.10 Å². The minimum Gasteiger partial charge on any atom is -0.497 e. The lowest BCUT2D eigenvalue weighted by Crippen LogP contribution is -2.44. The molecule has 1 aliphatic rings. The Morgan fingerprint density at radius 1 is 1.20 bits per heavy atom. The molecule has 0 aromatic heterocycles. The van der Waals surface area contributed by atoms with Crippen LogP contribution in [0.2, 0.25) is 0 Å². The van der Waals surface area contributed by atoms with Crippen molar-refractivity contribution >= 4 is 0 Å². The second kappa shape index (κ2) is 8.41. The van der Waals surface area contributed by atoms with Crippen molar-refractivity contribution in [2.45, 2.75) is 52.6 Å². The van der Waals surface area contributed by atoms with Crippen LogP contribution in [0.1, 0.15) is 46.6 Å². The molecular formula is C21H35NO3. The van der Waals surface area contributed by atoms with Crippen LogP contribution >= 0.6 is 0 Å². The highest BCUT2D eigenvalue weighted by molar-refractivity contribution is 5.44. The van der Waals surface area contributed by atoms with Crippen molar-refractivity contribution in [3.05, 3.63) is 23.8 Å². The average Bonchev–Trinajstić information content (AvgIpc) is 2.50. The van der Waals surface area contributed by atoms with Crippen molar-refractivity contribution in [2.24, 2.45) is 11.8 Å². The smallest absolute Gasteiger partial charge is 0.123 e. The number of aliphatic hydroxyl groups excluding tert-OH is 1. The van der Waals surface area contributed by atoms with Gasteiger partial charge in [0.05, 0.1) is 7.11 Å². The Bertz CT molecular complexity index is 543. The fourth-order valence-electron chi connectivity index (χ4n) is 3.83. The highest BCUT2D eigenvalue weighted by Gasteiger charge is 2.24. The van der Waals surface area contributed by atoms with Crippen molar-refractivity contribution in [1.82, 2.24) is 4.90 Å². The van der Waals surface area contributed by atoms with Crippen LogP contribution in [0.3, 0.4) is 0 Å². The molecule has 1 N–H and O–H groups in total. The molecule has 1 aromatic carbocycles. The number of nitrogens with zero attached hydrogens (tertiary/aromatic N) is 1. The summed E-state index contributed by atoms with van der Waals surface area (Å²) in [4.78, 5) is 2.37. The third-order valence-corrected chi connectivity index (χ3v) is 4.84. The SMILES string of the molecule is COc1ccc(OC[C@H](O)CN2C[C@H](C)C[C@H](C)C2)c(C(C)(C)C)c1. The molecule has 0 spiro atoms. The molecule has 0 aliphatic carbocycles. The Labute approximate surface area is 153 Å². The third-order valence-electron chi connectivity index (χ3n) is 4.84. The van der Waals surface area contributed by atoms with Gasteiger partial charge in [0.25, 0.3) is 0 Å². The van der Waals surface area contributed by atoms with Gasteiger partial charge < -0.3 is 19.5 Å². The third kappa shape index (κ3) is 5.89. The van der Waals surface area contributed by atoms with E-state index in [1.165, 1.54) is 6.42 Å². The molecule has 3 atom stereocenters. The monoisotopic (exact) mass is 349 g/mol. The van der Waals surface area contributed by atoms with Crippen LogP contribution in [0.5, 0.6) is 11.5 Å². The van der Waals surface area contributed by atoms with E-state index in [2.05, 4.69) is 39.5 Å². The lowest BCUT2D eigenvalue weighted by molar-refractivity contribution is 0.0424. The summed E-state index contributed by atoms with van der Waals surface area (Å²) < 4.78 is 11.3. The summed E-state index contributed by atoms with van der Waals surface area (Å²) in [5.74, 6) is 3.05. The molecule has 0 saturated carbocycles. The predicted octanol–water partition coefficient (Wildman–Crippen LogP) is 3.71. The minimum atomic E-state index is -0.479. The van der Waals surface area contributed by atoms with Crippen molar-refractivity contribution in [2.75, 3.05) is 33.4 Å². The van der Waals surface area contributed by atoms with Gasteiger partial charge in [-0.2, -0.15) is 0 Å². The van der Waals surface area contributed by atoms with Crippen LogP contribution in [0.4, 0.5) is 0 Å². The van der Waals surface area contributed by atoms with Crippen LogP contribution in [0.15, 0.2) is 18.2 Å². The fraction of sp³-hybridized carbons (Fsp3) is 0.714. The van der Waals surface area contributed by atoms with E-state index in [9.17, 15) is 5.11 Å². The summed E-state index contributed by atoms with van der Waals surface area (Å²) in [6, 6.07) is 5.87. The van der Waals surface area contributed by atoms with E-state index in [4.69, 9.17) is 9.47 Å². The van der Waals surface area contributed by atoms with Gasteiger partial charge in [-0.15, -0.1) is 0 Å². The number of ether oxygens (including phenoxy) is 2. The Morgan fingerprint density at radius 3 is 2.40 bits per heavy atom. The minimum absolute atomic E-state index is 0.0490. The summed E-state index contributed by atoms with van der Waals surface area (Å²) in [6.07, 6.45) is 0.802. The first kappa shape index (κ1) is 20.1. The van der Waals surface area contributed by atoms with Gasteiger partial charge in [0.2, 0.25) is 0 Å². The van der Waals surface area contributed by atoms with E-state index >= 15 is 0 Å². The van der Waals surface area contributed by atoms with Gasteiger partial charge >= 0.3 is 0 Å². The van der Waals surface area contributed by atoms with Crippen molar-refractivity contribution in [3.8, 4) is 11.5 Å². The number of methoxy groups -OCH3 is 1. The molecule has 4 heteroatoms. The number of likely N-dealkylation sites (tertiary alicyclic amines) is 1. The number of aliphatic hydroxyl groups is 1.